The van der Waals surface area contributed by atoms with E-state index < -0.39 is 6.10 Å². The zero-order valence-electron chi connectivity index (χ0n) is 19.3. The number of ether oxygens (including phenoxy) is 1. The predicted octanol–water partition coefficient (Wildman–Crippen LogP) is 5.38. The van der Waals surface area contributed by atoms with Gasteiger partial charge in [0.15, 0.2) is 6.10 Å². The molecule has 0 bridgehead atoms. The lowest BCUT2D eigenvalue weighted by atomic mass is 10.1. The number of nitrogens with zero attached hydrogens (tertiary/aromatic N) is 2. The van der Waals surface area contributed by atoms with Gasteiger partial charge in [-0.15, -0.1) is 11.8 Å². The molecule has 0 aromatic heterocycles. The van der Waals surface area contributed by atoms with Crippen molar-refractivity contribution in [2.75, 3.05) is 19.4 Å². The lowest BCUT2D eigenvalue weighted by molar-refractivity contribution is -0.143. The lowest BCUT2D eigenvalue weighted by Gasteiger charge is -2.24. The van der Waals surface area contributed by atoms with Gasteiger partial charge >= 0.3 is 0 Å². The first-order valence-corrected chi connectivity index (χ1v) is 12.2. The molecule has 3 rings (SSSR count). The molecule has 1 atom stereocenters. The van der Waals surface area contributed by atoms with Crippen molar-refractivity contribution in [3.63, 3.8) is 0 Å². The number of rotatable bonds is 11. The number of hydrogen-bond acceptors (Lipinski definition) is 5. The van der Waals surface area contributed by atoms with E-state index >= 15 is 0 Å². The fourth-order valence-electron chi connectivity index (χ4n) is 3.38. The number of amides is 1. The SMILES string of the molecule is CO[C@@H](C(=O)N(Cc1ccccc1)/N=C(\SCCCCN)c1cccc(F)c1)c1ccccc1. The smallest absolute Gasteiger partial charge is 0.276 e. The molecule has 0 spiro atoms. The average Bonchev–Trinajstić information content (AvgIpc) is 2.87. The number of nitrogens with two attached hydrogens (primary N) is 1. The number of unbranched alkanes of at least 4 members (excludes halogenated alkanes) is 1. The highest BCUT2D eigenvalue weighted by Gasteiger charge is 2.27. The number of hydrazone groups is 1. The highest BCUT2D eigenvalue weighted by Crippen LogP contribution is 2.24. The van der Waals surface area contributed by atoms with Gasteiger partial charge in [-0.25, -0.2) is 9.40 Å². The van der Waals surface area contributed by atoms with Gasteiger partial charge in [-0.3, -0.25) is 4.79 Å². The fourth-order valence-corrected chi connectivity index (χ4v) is 4.37. The molecule has 34 heavy (non-hydrogen) atoms. The second kappa shape index (κ2) is 13.6. The van der Waals surface area contributed by atoms with Crippen molar-refractivity contribution in [2.24, 2.45) is 10.8 Å². The number of carbonyl (C=O) groups excluding carboxylic acids is 1. The Kier molecular flexibility index (Phi) is 10.3. The third-order valence-corrected chi connectivity index (χ3v) is 6.20. The number of thioether (sulfide) groups is 1. The van der Waals surface area contributed by atoms with Gasteiger partial charge in [0.25, 0.3) is 5.91 Å². The van der Waals surface area contributed by atoms with Crippen LogP contribution in [-0.2, 0) is 16.1 Å². The Balaban J connectivity index is 1.99. The summed E-state index contributed by atoms with van der Waals surface area (Å²) in [6.07, 6.45) is 0.965. The van der Waals surface area contributed by atoms with Gasteiger partial charge < -0.3 is 10.5 Å². The van der Waals surface area contributed by atoms with Gasteiger partial charge in [0.2, 0.25) is 0 Å². The minimum atomic E-state index is -0.815. The third kappa shape index (κ3) is 7.52. The topological polar surface area (TPSA) is 67.9 Å². The predicted molar refractivity (Wildman–Crippen MR) is 137 cm³/mol. The summed E-state index contributed by atoms with van der Waals surface area (Å²) in [7, 11) is 1.51. The molecule has 0 saturated heterocycles. The van der Waals surface area contributed by atoms with Crippen molar-refractivity contribution < 1.29 is 13.9 Å². The van der Waals surface area contributed by atoms with Crippen molar-refractivity contribution in [3.05, 3.63) is 107 Å². The number of methoxy groups -OCH3 is 1. The van der Waals surface area contributed by atoms with E-state index in [2.05, 4.69) is 0 Å². The monoisotopic (exact) mass is 479 g/mol. The average molecular weight is 480 g/mol. The molecule has 0 heterocycles. The molecule has 0 aliphatic rings. The summed E-state index contributed by atoms with van der Waals surface area (Å²) in [5, 5.41) is 6.76. The molecule has 0 saturated carbocycles. The summed E-state index contributed by atoms with van der Waals surface area (Å²) in [6.45, 7) is 0.868. The summed E-state index contributed by atoms with van der Waals surface area (Å²) < 4.78 is 19.6. The van der Waals surface area contributed by atoms with Gasteiger partial charge in [-0.05, 0) is 48.4 Å². The first-order chi connectivity index (χ1) is 16.6. The summed E-state index contributed by atoms with van der Waals surface area (Å²) in [4.78, 5) is 13.7. The Morgan fingerprint density at radius 1 is 1.03 bits per heavy atom. The van der Waals surface area contributed by atoms with E-state index in [0.717, 1.165) is 29.7 Å². The van der Waals surface area contributed by atoms with Crippen LogP contribution < -0.4 is 5.73 Å². The molecule has 1 amide bonds. The highest BCUT2D eigenvalue weighted by molar-refractivity contribution is 8.14. The second-order valence-electron chi connectivity index (χ2n) is 7.67. The molecule has 5 nitrogen and oxygen atoms in total. The van der Waals surface area contributed by atoms with Crippen LogP contribution in [0.3, 0.4) is 0 Å². The van der Waals surface area contributed by atoms with Crippen LogP contribution in [0.4, 0.5) is 4.39 Å². The normalized spacial score (nSPS) is 12.4. The number of halogens is 1. The molecule has 3 aromatic rings. The molecule has 7 heteroatoms. The van der Waals surface area contributed by atoms with E-state index in [0.29, 0.717) is 17.2 Å². The first kappa shape index (κ1) is 25.6. The molecular weight excluding hydrogens is 449 g/mol. The van der Waals surface area contributed by atoms with Crippen LogP contribution in [0, 0.1) is 5.82 Å². The zero-order chi connectivity index (χ0) is 24.2. The first-order valence-electron chi connectivity index (χ1n) is 11.2. The molecule has 0 unspecified atom stereocenters. The van der Waals surface area contributed by atoms with E-state index in [-0.39, 0.29) is 18.3 Å². The lowest BCUT2D eigenvalue weighted by Crippen LogP contribution is -2.32. The van der Waals surface area contributed by atoms with E-state index in [1.54, 1.807) is 12.1 Å². The Hall–Kier alpha value is -3.00. The molecule has 3 aromatic carbocycles. The minimum absolute atomic E-state index is 0.258. The van der Waals surface area contributed by atoms with Gasteiger partial charge in [0, 0.05) is 12.7 Å². The summed E-state index contributed by atoms with van der Waals surface area (Å²) >= 11 is 1.49. The molecule has 0 aliphatic heterocycles. The van der Waals surface area contributed by atoms with Crippen molar-refractivity contribution in [2.45, 2.75) is 25.5 Å². The number of hydrogen-bond donors (Lipinski definition) is 1. The van der Waals surface area contributed by atoms with Crippen molar-refractivity contribution in [1.29, 1.82) is 0 Å². The van der Waals surface area contributed by atoms with Crippen LogP contribution in [0.1, 0.15) is 35.6 Å². The van der Waals surface area contributed by atoms with E-state index in [4.69, 9.17) is 15.6 Å². The largest absolute Gasteiger partial charge is 0.367 e. The maximum Gasteiger partial charge on any atom is 0.276 e. The van der Waals surface area contributed by atoms with Crippen molar-refractivity contribution in [1.82, 2.24) is 5.01 Å². The summed E-state index contributed by atoms with van der Waals surface area (Å²) in [5.74, 6) is 0.105. The molecule has 0 fully saturated rings. The van der Waals surface area contributed by atoms with Gasteiger partial charge in [-0.1, -0.05) is 72.8 Å². The van der Waals surface area contributed by atoms with E-state index in [9.17, 15) is 9.18 Å². The standard InChI is InChI=1S/C27H30FN3O2S/c1-33-25(22-13-6-3-7-14-22)27(32)31(20-21-11-4-2-5-12-21)30-26(34-18-9-8-17-29)23-15-10-16-24(28)19-23/h2-7,10-16,19,25H,8-9,17-18,20,29H2,1H3/b30-26-/t25-/m1/s1. The van der Waals surface area contributed by atoms with Crippen LogP contribution >= 0.6 is 11.8 Å². The van der Waals surface area contributed by atoms with Gasteiger partial charge in [0.1, 0.15) is 10.9 Å². The van der Waals surface area contributed by atoms with Crippen LogP contribution in [-0.4, -0.2) is 35.4 Å². The molecule has 2 N–H and O–H groups in total. The summed E-state index contributed by atoms with van der Waals surface area (Å²) in [5.41, 5.74) is 7.92. The van der Waals surface area contributed by atoms with Gasteiger partial charge in [-0.2, -0.15) is 5.10 Å². The van der Waals surface area contributed by atoms with Crippen molar-refractivity contribution >= 4 is 22.7 Å². The molecular formula is C27H30FN3O2S. The van der Waals surface area contributed by atoms with Crippen LogP contribution in [0.25, 0.3) is 0 Å². The van der Waals surface area contributed by atoms with E-state index in [1.807, 2.05) is 60.7 Å². The Morgan fingerprint density at radius 2 is 1.74 bits per heavy atom. The van der Waals surface area contributed by atoms with Crippen molar-refractivity contribution in [3.8, 4) is 0 Å². The Labute approximate surface area is 204 Å². The van der Waals surface area contributed by atoms with Crippen LogP contribution in [0.5, 0.6) is 0 Å². The fraction of sp³-hybridized carbons (Fsp3) is 0.259. The Morgan fingerprint density at radius 3 is 2.38 bits per heavy atom. The maximum absolute atomic E-state index is 14.0. The molecule has 0 radical (unpaired) electrons. The Bertz CT molecular complexity index is 1060. The van der Waals surface area contributed by atoms with Crippen LogP contribution in [0.2, 0.25) is 0 Å². The number of benzene rings is 3. The molecule has 178 valence electrons. The van der Waals surface area contributed by atoms with Crippen LogP contribution in [0.15, 0.2) is 90.0 Å². The van der Waals surface area contributed by atoms with Gasteiger partial charge in [0.05, 0.1) is 6.54 Å². The second-order valence-corrected chi connectivity index (χ2v) is 8.75. The zero-order valence-corrected chi connectivity index (χ0v) is 20.1. The van der Waals surface area contributed by atoms with E-state index in [1.165, 1.54) is 36.0 Å². The minimum Gasteiger partial charge on any atom is -0.367 e. The number of carbonyl (C=O) groups is 1. The third-order valence-electron chi connectivity index (χ3n) is 5.11. The molecule has 0 aliphatic carbocycles. The highest BCUT2D eigenvalue weighted by atomic mass is 32.2. The quantitative estimate of drug-likeness (QED) is 0.174. The summed E-state index contributed by atoms with van der Waals surface area (Å²) in [6, 6.07) is 25.2. The maximum atomic E-state index is 14.0.